The van der Waals surface area contributed by atoms with Crippen LogP contribution < -0.4 is 9.47 Å². The van der Waals surface area contributed by atoms with Gasteiger partial charge in [0.25, 0.3) is 0 Å². The molecule has 0 heterocycles. The number of hydrogen-bond acceptors (Lipinski definition) is 6. The molecule has 0 spiro atoms. The fraction of sp³-hybridized carbons (Fsp3) is 0.259. The number of benzene rings is 3. The van der Waals surface area contributed by atoms with Crippen molar-refractivity contribution in [2.24, 2.45) is 0 Å². The largest absolute Gasteiger partial charge is 0.489 e. The van der Waals surface area contributed by atoms with Crippen LogP contribution in [0, 0.1) is 0 Å². The molecule has 1 N–H and O–H groups in total. The third-order valence-corrected chi connectivity index (χ3v) is 5.26. The van der Waals surface area contributed by atoms with Gasteiger partial charge in [0.15, 0.2) is 12.2 Å². The first-order valence-electron chi connectivity index (χ1n) is 10.8. The van der Waals surface area contributed by atoms with Crippen LogP contribution in [0.5, 0.6) is 11.5 Å². The number of hydrogen-bond donors (Lipinski definition) is 1. The number of methoxy groups -OCH3 is 2. The van der Waals surface area contributed by atoms with Gasteiger partial charge >= 0.3 is 11.9 Å². The maximum Gasteiger partial charge on any atom is 0.340 e. The Labute approximate surface area is 198 Å². The highest BCUT2D eigenvalue weighted by Gasteiger charge is 2.21. The molecule has 0 saturated heterocycles. The van der Waals surface area contributed by atoms with Crippen molar-refractivity contribution < 1.29 is 33.6 Å². The molecule has 178 valence electrons. The summed E-state index contributed by atoms with van der Waals surface area (Å²) in [5.74, 6) is -0.454. The molecule has 0 amide bonds. The van der Waals surface area contributed by atoms with Gasteiger partial charge < -0.3 is 24.1 Å². The van der Waals surface area contributed by atoms with E-state index in [1.807, 2.05) is 54.6 Å². The summed E-state index contributed by atoms with van der Waals surface area (Å²) >= 11 is 0. The van der Waals surface area contributed by atoms with Gasteiger partial charge in [0.05, 0.1) is 0 Å². The van der Waals surface area contributed by atoms with Gasteiger partial charge in [-0.15, -0.1) is 0 Å². The van der Waals surface area contributed by atoms with Crippen molar-refractivity contribution >= 4 is 11.9 Å². The first-order valence-corrected chi connectivity index (χ1v) is 10.8. The summed E-state index contributed by atoms with van der Waals surface area (Å²) in [6, 6.07) is 24.1. The van der Waals surface area contributed by atoms with Crippen molar-refractivity contribution in [3.63, 3.8) is 0 Å². The Morgan fingerprint density at radius 2 is 1.24 bits per heavy atom. The summed E-state index contributed by atoms with van der Waals surface area (Å²) in [5.41, 5.74) is 2.75. The minimum Gasteiger partial charge on any atom is -0.489 e. The average molecular weight is 465 g/mol. The average Bonchev–Trinajstić information content (AvgIpc) is 2.86. The fourth-order valence-electron chi connectivity index (χ4n) is 3.30. The molecule has 2 atom stereocenters. The van der Waals surface area contributed by atoms with Crippen LogP contribution in [0.1, 0.15) is 16.7 Å². The van der Waals surface area contributed by atoms with Crippen LogP contribution in [0.4, 0.5) is 0 Å². The minimum atomic E-state index is -1.03. The standard InChI is InChI=1S/C27H28O7/c1-31-24(26(28)29)16-19-10-14-23(15-11-19)34-27(30)25(32-2)17-20-8-12-22(13-9-20)33-18-21-6-4-3-5-7-21/h3-15,24-25H,16-18H2,1-2H3,(H,28,29). The number of carbonyl (C=O) groups is 2. The minimum absolute atomic E-state index is 0.214. The number of aliphatic carboxylic acids is 1. The van der Waals surface area contributed by atoms with Gasteiger partial charge in [0.2, 0.25) is 0 Å². The lowest BCUT2D eigenvalue weighted by Crippen LogP contribution is -2.30. The van der Waals surface area contributed by atoms with Crippen molar-refractivity contribution in [3.05, 3.63) is 95.6 Å². The fourth-order valence-corrected chi connectivity index (χ4v) is 3.30. The first-order chi connectivity index (χ1) is 16.5. The van der Waals surface area contributed by atoms with E-state index < -0.39 is 24.1 Å². The van der Waals surface area contributed by atoms with Crippen molar-refractivity contribution in [3.8, 4) is 11.5 Å². The zero-order valence-corrected chi connectivity index (χ0v) is 19.2. The van der Waals surface area contributed by atoms with Crippen molar-refractivity contribution in [1.29, 1.82) is 0 Å². The number of carbonyl (C=O) groups excluding carboxylic acids is 1. The lowest BCUT2D eigenvalue weighted by Gasteiger charge is -2.15. The molecular formula is C27H28O7. The lowest BCUT2D eigenvalue weighted by molar-refractivity contribution is -0.148. The molecule has 0 bridgehead atoms. The molecule has 3 rings (SSSR count). The van der Waals surface area contributed by atoms with Gasteiger partial charge in [-0.05, 0) is 41.0 Å². The summed E-state index contributed by atoms with van der Waals surface area (Å²) in [5, 5.41) is 9.09. The van der Waals surface area contributed by atoms with Gasteiger partial charge in [-0.1, -0.05) is 54.6 Å². The third-order valence-electron chi connectivity index (χ3n) is 5.26. The zero-order valence-electron chi connectivity index (χ0n) is 19.2. The van der Waals surface area contributed by atoms with E-state index >= 15 is 0 Å². The Hall–Kier alpha value is -3.68. The molecule has 2 unspecified atom stereocenters. The second kappa shape index (κ2) is 12.5. The van der Waals surface area contributed by atoms with E-state index in [-0.39, 0.29) is 6.42 Å². The smallest absolute Gasteiger partial charge is 0.340 e. The molecule has 0 saturated carbocycles. The van der Waals surface area contributed by atoms with Crippen LogP contribution in [0.2, 0.25) is 0 Å². The molecular weight excluding hydrogens is 436 g/mol. The summed E-state index contributed by atoms with van der Waals surface area (Å²) < 4.78 is 21.5. The molecule has 3 aromatic carbocycles. The van der Waals surface area contributed by atoms with Crippen LogP contribution in [0.25, 0.3) is 0 Å². The number of carboxylic acid groups (broad SMARTS) is 1. The second-order valence-electron chi connectivity index (χ2n) is 7.68. The summed E-state index contributed by atoms with van der Waals surface area (Å²) in [6.45, 7) is 0.481. The van der Waals surface area contributed by atoms with Crippen LogP contribution in [-0.2, 0) is 38.5 Å². The molecule has 0 fully saturated rings. The van der Waals surface area contributed by atoms with E-state index in [1.54, 1.807) is 24.3 Å². The van der Waals surface area contributed by atoms with E-state index in [0.29, 0.717) is 18.8 Å². The zero-order chi connectivity index (χ0) is 24.3. The molecule has 0 aliphatic carbocycles. The number of rotatable bonds is 12. The highest BCUT2D eigenvalue weighted by molar-refractivity contribution is 5.77. The number of carboxylic acids is 1. The number of esters is 1. The maximum absolute atomic E-state index is 12.6. The molecule has 7 heteroatoms. The van der Waals surface area contributed by atoms with Crippen LogP contribution >= 0.6 is 0 Å². The Bertz CT molecular complexity index is 1050. The Kier molecular flexibility index (Phi) is 9.20. The van der Waals surface area contributed by atoms with Gasteiger partial charge in [-0.25, -0.2) is 9.59 Å². The summed E-state index contributed by atoms with van der Waals surface area (Å²) in [6.07, 6.45) is -1.14. The first kappa shape index (κ1) is 25.0. The van der Waals surface area contributed by atoms with Gasteiger partial charge in [-0.3, -0.25) is 0 Å². The van der Waals surface area contributed by atoms with Crippen LogP contribution in [0.15, 0.2) is 78.9 Å². The van der Waals surface area contributed by atoms with Crippen LogP contribution in [0.3, 0.4) is 0 Å². The molecule has 0 aromatic heterocycles. The topological polar surface area (TPSA) is 91.3 Å². The van der Waals surface area contributed by atoms with Gasteiger partial charge in [-0.2, -0.15) is 0 Å². The van der Waals surface area contributed by atoms with Gasteiger partial charge in [0, 0.05) is 27.1 Å². The molecule has 0 radical (unpaired) electrons. The lowest BCUT2D eigenvalue weighted by atomic mass is 10.1. The quantitative estimate of drug-likeness (QED) is 0.319. The Morgan fingerprint density at radius 3 is 1.76 bits per heavy atom. The Balaban J connectivity index is 1.52. The molecule has 7 nitrogen and oxygen atoms in total. The van der Waals surface area contributed by atoms with Crippen molar-refractivity contribution in [1.82, 2.24) is 0 Å². The summed E-state index contributed by atoms with van der Waals surface area (Å²) in [4.78, 5) is 23.7. The van der Waals surface area contributed by atoms with Crippen LogP contribution in [-0.4, -0.2) is 43.5 Å². The van der Waals surface area contributed by atoms with Gasteiger partial charge in [0.1, 0.15) is 18.1 Å². The van der Waals surface area contributed by atoms with Crippen molar-refractivity contribution in [2.45, 2.75) is 31.7 Å². The van der Waals surface area contributed by atoms with E-state index in [0.717, 1.165) is 22.4 Å². The van der Waals surface area contributed by atoms with Crippen molar-refractivity contribution in [2.75, 3.05) is 14.2 Å². The maximum atomic E-state index is 12.6. The summed E-state index contributed by atoms with van der Waals surface area (Å²) in [7, 11) is 2.81. The molecule has 34 heavy (non-hydrogen) atoms. The Morgan fingerprint density at radius 1 is 0.706 bits per heavy atom. The normalized spacial score (nSPS) is 12.5. The van der Waals surface area contributed by atoms with E-state index in [2.05, 4.69) is 0 Å². The number of ether oxygens (including phenoxy) is 4. The van der Waals surface area contributed by atoms with E-state index in [4.69, 9.17) is 24.1 Å². The third kappa shape index (κ3) is 7.43. The highest BCUT2D eigenvalue weighted by Crippen LogP contribution is 2.18. The van der Waals surface area contributed by atoms with E-state index in [1.165, 1.54) is 14.2 Å². The predicted octanol–water partition coefficient (Wildman–Crippen LogP) is 4.07. The highest BCUT2D eigenvalue weighted by atomic mass is 16.6. The molecule has 0 aliphatic heterocycles. The second-order valence-corrected chi connectivity index (χ2v) is 7.68. The molecule has 3 aromatic rings. The molecule has 0 aliphatic rings. The van der Waals surface area contributed by atoms with E-state index in [9.17, 15) is 9.59 Å². The SMILES string of the molecule is COC(Cc1ccc(OC(=O)C(Cc2ccc(OCc3ccccc3)cc2)OC)cc1)C(=O)O. The predicted molar refractivity (Wildman–Crippen MR) is 126 cm³/mol. The monoisotopic (exact) mass is 464 g/mol.